The molecule has 0 unspecified atom stereocenters. The van der Waals surface area contributed by atoms with Crippen molar-refractivity contribution in [3.05, 3.63) is 40.3 Å². The van der Waals surface area contributed by atoms with Crippen LogP contribution >= 0.6 is 0 Å². The molecule has 0 saturated carbocycles. The molecule has 0 atom stereocenters. The number of ether oxygens (including phenoxy) is 2. The Labute approximate surface area is 188 Å². The molecule has 0 spiro atoms. The van der Waals surface area contributed by atoms with Crippen LogP contribution in [0.1, 0.15) is 38.3 Å². The molecule has 3 rings (SSSR count). The minimum Gasteiger partial charge on any atom is -0.491 e. The summed E-state index contributed by atoms with van der Waals surface area (Å²) in [5, 5.41) is 11.1. The van der Waals surface area contributed by atoms with E-state index in [1.807, 2.05) is 31.2 Å². The zero-order valence-corrected chi connectivity index (χ0v) is 18.8. The van der Waals surface area contributed by atoms with E-state index in [2.05, 4.69) is 25.4 Å². The number of nitrogens with one attached hydrogen (secondary N) is 2. The number of amides is 1. The van der Waals surface area contributed by atoms with Gasteiger partial charge in [-0.05, 0) is 57.1 Å². The normalized spacial score (nSPS) is 14.3. The number of benzene rings is 1. The molecule has 174 valence electrons. The van der Waals surface area contributed by atoms with E-state index in [-0.39, 0.29) is 30.0 Å². The van der Waals surface area contributed by atoms with Crippen LogP contribution in [0.5, 0.6) is 5.75 Å². The molecular formula is C23H33N5O4. The zero-order valence-electron chi connectivity index (χ0n) is 18.8. The summed E-state index contributed by atoms with van der Waals surface area (Å²) in [7, 11) is 0. The fraction of sp³-hybridized carbons (Fsp3) is 0.565. The quantitative estimate of drug-likeness (QED) is 0.481. The lowest BCUT2D eigenvalue weighted by molar-refractivity contribution is -0.121. The smallest absolute Gasteiger partial charge is 0.273 e. The van der Waals surface area contributed by atoms with E-state index in [1.54, 1.807) is 0 Å². The third-order valence-corrected chi connectivity index (χ3v) is 5.38. The first-order chi connectivity index (χ1) is 15.7. The summed E-state index contributed by atoms with van der Waals surface area (Å²) in [6, 6.07) is 7.24. The number of hydrogen-bond donors (Lipinski definition) is 2. The van der Waals surface area contributed by atoms with Gasteiger partial charge in [-0.1, -0.05) is 6.42 Å². The van der Waals surface area contributed by atoms with Crippen LogP contribution in [-0.4, -0.2) is 72.0 Å². The maximum Gasteiger partial charge on any atom is 0.273 e. The van der Waals surface area contributed by atoms with Gasteiger partial charge in [0.25, 0.3) is 5.56 Å². The van der Waals surface area contributed by atoms with Gasteiger partial charge in [0.1, 0.15) is 18.1 Å². The highest BCUT2D eigenvalue weighted by Crippen LogP contribution is 2.18. The van der Waals surface area contributed by atoms with Crippen LogP contribution in [0.15, 0.2) is 29.1 Å². The second kappa shape index (κ2) is 12.9. The van der Waals surface area contributed by atoms with Gasteiger partial charge in [0, 0.05) is 38.1 Å². The van der Waals surface area contributed by atoms with Crippen molar-refractivity contribution in [2.75, 3.05) is 46.0 Å². The number of aryl methyl sites for hydroxylation is 1. The summed E-state index contributed by atoms with van der Waals surface area (Å²) in [5.41, 5.74) is 0.665. The average Bonchev–Trinajstić information content (AvgIpc) is 2.82. The van der Waals surface area contributed by atoms with Gasteiger partial charge in [0.05, 0.1) is 6.61 Å². The zero-order chi connectivity index (χ0) is 22.6. The van der Waals surface area contributed by atoms with Crippen molar-refractivity contribution in [1.82, 2.24) is 25.4 Å². The van der Waals surface area contributed by atoms with E-state index in [9.17, 15) is 9.59 Å². The fourth-order valence-corrected chi connectivity index (χ4v) is 3.58. The number of aromatic amines is 1. The molecule has 1 saturated heterocycles. The molecule has 0 radical (unpaired) electrons. The van der Waals surface area contributed by atoms with Gasteiger partial charge in [-0.15, -0.1) is 10.2 Å². The molecule has 9 heteroatoms. The number of carbonyl (C=O) groups is 1. The molecular weight excluding hydrogens is 410 g/mol. The number of piperidine rings is 1. The molecule has 0 aliphatic carbocycles. The standard InChI is InChI=1S/C23H33N5O4/c1-2-31-16-17-32-19-8-6-18(7-9-19)22-25-23(30)20(26-27-22)10-11-21(29)24-12-15-28-13-4-3-5-14-28/h6-9H,2-5,10-17H2,1H3,(H,24,29)(H,25,27,30). The lowest BCUT2D eigenvalue weighted by Gasteiger charge is -2.26. The van der Waals surface area contributed by atoms with Crippen LogP contribution in [-0.2, 0) is 16.0 Å². The number of aromatic nitrogens is 3. The van der Waals surface area contributed by atoms with Crippen molar-refractivity contribution in [2.45, 2.75) is 39.0 Å². The first kappa shape index (κ1) is 23.9. The summed E-state index contributed by atoms with van der Waals surface area (Å²) < 4.78 is 10.8. The first-order valence-corrected chi connectivity index (χ1v) is 11.4. The minimum atomic E-state index is -0.326. The molecule has 1 aliphatic heterocycles. The van der Waals surface area contributed by atoms with E-state index in [0.29, 0.717) is 37.9 Å². The van der Waals surface area contributed by atoms with Crippen molar-refractivity contribution in [3.8, 4) is 17.1 Å². The van der Waals surface area contributed by atoms with E-state index < -0.39 is 0 Å². The van der Waals surface area contributed by atoms with Gasteiger partial charge in [-0.25, -0.2) is 0 Å². The van der Waals surface area contributed by atoms with Crippen LogP contribution in [0.25, 0.3) is 11.4 Å². The number of carbonyl (C=O) groups excluding carboxylic acids is 1. The third-order valence-electron chi connectivity index (χ3n) is 5.38. The van der Waals surface area contributed by atoms with E-state index in [0.717, 1.165) is 25.2 Å². The molecule has 32 heavy (non-hydrogen) atoms. The lowest BCUT2D eigenvalue weighted by Crippen LogP contribution is -2.37. The molecule has 1 fully saturated rings. The van der Waals surface area contributed by atoms with Gasteiger partial charge in [-0.3, -0.25) is 9.59 Å². The number of hydrogen-bond acceptors (Lipinski definition) is 7. The minimum absolute atomic E-state index is 0.0767. The Morgan fingerprint density at radius 3 is 2.62 bits per heavy atom. The highest BCUT2D eigenvalue weighted by atomic mass is 16.5. The summed E-state index contributed by atoms with van der Waals surface area (Å²) >= 11 is 0. The number of likely N-dealkylation sites (tertiary alicyclic amines) is 1. The number of nitrogens with zero attached hydrogens (tertiary/aromatic N) is 3. The Hall–Kier alpha value is -2.78. The molecule has 1 aliphatic rings. The number of H-pyrrole nitrogens is 1. The molecule has 2 N–H and O–H groups in total. The largest absolute Gasteiger partial charge is 0.491 e. The topological polar surface area (TPSA) is 109 Å². The Kier molecular flexibility index (Phi) is 9.64. The molecule has 2 heterocycles. The van der Waals surface area contributed by atoms with Gasteiger partial charge >= 0.3 is 0 Å². The van der Waals surface area contributed by atoms with E-state index >= 15 is 0 Å². The Morgan fingerprint density at radius 2 is 1.91 bits per heavy atom. The van der Waals surface area contributed by atoms with Crippen molar-refractivity contribution in [1.29, 1.82) is 0 Å². The summed E-state index contributed by atoms with van der Waals surface area (Å²) in [6.07, 6.45) is 4.23. The Morgan fingerprint density at radius 1 is 1.12 bits per heavy atom. The second-order valence-corrected chi connectivity index (χ2v) is 7.77. The fourth-order valence-electron chi connectivity index (χ4n) is 3.58. The predicted molar refractivity (Wildman–Crippen MR) is 122 cm³/mol. The van der Waals surface area contributed by atoms with Gasteiger partial charge < -0.3 is 24.7 Å². The number of rotatable bonds is 12. The average molecular weight is 444 g/mol. The summed E-state index contributed by atoms with van der Waals surface area (Å²) in [5.74, 6) is 1.02. The van der Waals surface area contributed by atoms with E-state index in [4.69, 9.17) is 9.47 Å². The molecule has 1 amide bonds. The van der Waals surface area contributed by atoms with Crippen molar-refractivity contribution in [2.24, 2.45) is 0 Å². The van der Waals surface area contributed by atoms with Crippen LogP contribution < -0.4 is 15.6 Å². The van der Waals surface area contributed by atoms with Crippen molar-refractivity contribution < 1.29 is 14.3 Å². The van der Waals surface area contributed by atoms with Gasteiger partial charge in [0.2, 0.25) is 5.91 Å². The van der Waals surface area contributed by atoms with Crippen molar-refractivity contribution in [3.63, 3.8) is 0 Å². The maximum atomic E-state index is 12.4. The van der Waals surface area contributed by atoms with Crippen LogP contribution in [0.4, 0.5) is 0 Å². The lowest BCUT2D eigenvalue weighted by atomic mass is 10.1. The molecule has 1 aromatic carbocycles. The molecule has 9 nitrogen and oxygen atoms in total. The summed E-state index contributed by atoms with van der Waals surface area (Å²) in [4.78, 5) is 29.6. The van der Waals surface area contributed by atoms with Crippen molar-refractivity contribution >= 4 is 5.91 Å². The SMILES string of the molecule is CCOCCOc1ccc(-c2nnc(CCC(=O)NCCN3CCCCC3)c(=O)[nH]2)cc1. The van der Waals surface area contributed by atoms with Gasteiger partial charge in [0.15, 0.2) is 5.82 Å². The summed E-state index contributed by atoms with van der Waals surface area (Å²) in [6.45, 7) is 7.33. The van der Waals surface area contributed by atoms with Crippen LogP contribution in [0.3, 0.4) is 0 Å². The molecule has 1 aromatic heterocycles. The Balaban J connectivity index is 1.44. The molecule has 2 aromatic rings. The second-order valence-electron chi connectivity index (χ2n) is 7.77. The highest BCUT2D eigenvalue weighted by Gasteiger charge is 2.12. The molecule has 0 bridgehead atoms. The maximum absolute atomic E-state index is 12.4. The first-order valence-electron chi connectivity index (χ1n) is 11.4. The predicted octanol–water partition coefficient (Wildman–Crippen LogP) is 1.78. The highest BCUT2D eigenvalue weighted by molar-refractivity contribution is 5.76. The van der Waals surface area contributed by atoms with Crippen LogP contribution in [0, 0.1) is 0 Å². The Bertz CT molecular complexity index is 894. The third kappa shape index (κ3) is 7.72. The monoisotopic (exact) mass is 443 g/mol. The van der Waals surface area contributed by atoms with Crippen LogP contribution in [0.2, 0.25) is 0 Å². The van der Waals surface area contributed by atoms with E-state index in [1.165, 1.54) is 19.3 Å². The van der Waals surface area contributed by atoms with Gasteiger partial charge in [-0.2, -0.15) is 0 Å².